The highest BCUT2D eigenvalue weighted by Crippen LogP contribution is 2.36. The van der Waals surface area contributed by atoms with Crippen molar-refractivity contribution in [2.75, 3.05) is 0 Å². The van der Waals surface area contributed by atoms with Gasteiger partial charge in [0.15, 0.2) is 0 Å². The Bertz CT molecular complexity index is 2360. The van der Waals surface area contributed by atoms with Crippen molar-refractivity contribution < 1.29 is 9.59 Å². The molecule has 0 aliphatic carbocycles. The minimum Gasteiger partial charge on any atom is -0.348 e. The SMILES string of the molecule is Cc1c(-c2ccc(Cl)cc2Cl)nc2ccccc2c1C(=O)NCc1ccc(CNC(=O)c2c(C)c(-c3ccc(Cl)cc3Cl)nc3ccccc23)cc1. The number of hydrogen-bond donors (Lipinski definition) is 2. The number of carbonyl (C=O) groups is 2. The van der Waals surface area contributed by atoms with E-state index in [1.54, 1.807) is 24.3 Å². The topological polar surface area (TPSA) is 84.0 Å². The minimum atomic E-state index is -0.224. The van der Waals surface area contributed by atoms with E-state index in [1.807, 2.05) is 98.8 Å². The van der Waals surface area contributed by atoms with Crippen LogP contribution in [0.2, 0.25) is 20.1 Å². The molecule has 0 atom stereocenters. The zero-order valence-corrected chi connectivity index (χ0v) is 31.1. The normalized spacial score (nSPS) is 11.2. The van der Waals surface area contributed by atoms with Gasteiger partial charge in [0.1, 0.15) is 0 Å². The predicted octanol–water partition coefficient (Wildman–Crippen LogP) is 11.2. The molecule has 0 bridgehead atoms. The van der Waals surface area contributed by atoms with Crippen LogP contribution in [0, 0.1) is 13.8 Å². The van der Waals surface area contributed by atoms with Gasteiger partial charge in [0, 0.05) is 45.0 Å². The number of pyridine rings is 2. The molecule has 258 valence electrons. The summed E-state index contributed by atoms with van der Waals surface area (Å²) in [6.07, 6.45) is 0. The summed E-state index contributed by atoms with van der Waals surface area (Å²) in [5.74, 6) is -0.448. The fraction of sp³-hybridized carbons (Fsp3) is 0.0952. The van der Waals surface area contributed by atoms with Crippen molar-refractivity contribution in [2.45, 2.75) is 26.9 Å². The zero-order valence-electron chi connectivity index (χ0n) is 28.0. The maximum Gasteiger partial charge on any atom is 0.252 e. The van der Waals surface area contributed by atoms with E-state index in [-0.39, 0.29) is 11.8 Å². The van der Waals surface area contributed by atoms with Crippen molar-refractivity contribution in [1.29, 1.82) is 0 Å². The Labute approximate surface area is 320 Å². The van der Waals surface area contributed by atoms with Crippen molar-refractivity contribution in [3.05, 3.63) is 163 Å². The first kappa shape index (κ1) is 35.4. The number of fused-ring (bicyclic) bond motifs is 2. The average molecular weight is 765 g/mol. The lowest BCUT2D eigenvalue weighted by atomic mass is 9.97. The van der Waals surface area contributed by atoms with Crippen LogP contribution in [-0.2, 0) is 13.1 Å². The highest BCUT2D eigenvalue weighted by atomic mass is 35.5. The third-order valence-electron chi connectivity index (χ3n) is 9.03. The van der Waals surface area contributed by atoms with Crippen molar-refractivity contribution in [2.24, 2.45) is 0 Å². The molecule has 2 aromatic heterocycles. The number of nitrogens with one attached hydrogen (secondary N) is 2. The van der Waals surface area contributed by atoms with Crippen LogP contribution in [0.25, 0.3) is 44.3 Å². The number of benzene rings is 5. The van der Waals surface area contributed by atoms with Gasteiger partial charge in [-0.3, -0.25) is 9.59 Å². The maximum absolute atomic E-state index is 13.8. The predicted molar refractivity (Wildman–Crippen MR) is 213 cm³/mol. The molecule has 0 saturated heterocycles. The highest BCUT2D eigenvalue weighted by molar-refractivity contribution is 6.37. The second kappa shape index (κ2) is 14.9. The van der Waals surface area contributed by atoms with Gasteiger partial charge < -0.3 is 10.6 Å². The van der Waals surface area contributed by atoms with Crippen LogP contribution < -0.4 is 10.6 Å². The molecule has 7 aromatic rings. The van der Waals surface area contributed by atoms with Crippen LogP contribution in [0.4, 0.5) is 0 Å². The smallest absolute Gasteiger partial charge is 0.252 e. The standard InChI is InChI=1S/C42H30Cl4N4O2/c1-23-37(31-7-3-5-9-35(31)49-39(23)29-17-15-27(43)19-33(29)45)41(51)47-21-25-11-13-26(14-12-25)22-48-42(52)38-24(2)40(30-18-16-28(44)20-34(30)46)50-36-10-6-4-8-32(36)38/h3-20H,21-22H2,1-2H3,(H,47,51)(H,48,52). The van der Waals surface area contributed by atoms with Crippen LogP contribution in [0.1, 0.15) is 43.0 Å². The van der Waals surface area contributed by atoms with Crippen molar-refractivity contribution in [3.8, 4) is 22.5 Å². The molecule has 7 rings (SSSR count). The molecule has 5 aromatic carbocycles. The van der Waals surface area contributed by atoms with Gasteiger partial charge >= 0.3 is 0 Å². The van der Waals surface area contributed by atoms with Gasteiger partial charge in [0.05, 0.1) is 43.6 Å². The molecule has 2 amide bonds. The van der Waals surface area contributed by atoms with Crippen LogP contribution in [0.5, 0.6) is 0 Å². The van der Waals surface area contributed by atoms with Crippen molar-refractivity contribution in [1.82, 2.24) is 20.6 Å². The number of hydrogen-bond acceptors (Lipinski definition) is 4. The maximum atomic E-state index is 13.8. The van der Waals surface area contributed by atoms with Crippen LogP contribution >= 0.6 is 46.4 Å². The fourth-order valence-corrected chi connectivity index (χ4v) is 7.40. The Kier molecular flexibility index (Phi) is 10.2. The van der Waals surface area contributed by atoms with Crippen LogP contribution in [-0.4, -0.2) is 21.8 Å². The number of rotatable bonds is 8. The lowest BCUT2D eigenvalue weighted by Crippen LogP contribution is -2.25. The van der Waals surface area contributed by atoms with Gasteiger partial charge in [-0.1, -0.05) is 107 Å². The van der Waals surface area contributed by atoms with Gasteiger partial charge in [0.25, 0.3) is 11.8 Å². The number of carbonyl (C=O) groups excluding carboxylic acids is 2. The molecule has 0 aliphatic rings. The average Bonchev–Trinajstić information content (AvgIpc) is 3.13. The fourth-order valence-electron chi connectivity index (χ4n) is 6.40. The van der Waals surface area contributed by atoms with Gasteiger partial charge in [-0.15, -0.1) is 0 Å². The zero-order chi connectivity index (χ0) is 36.5. The van der Waals surface area contributed by atoms with E-state index in [9.17, 15) is 9.59 Å². The molecule has 6 nitrogen and oxygen atoms in total. The first-order chi connectivity index (χ1) is 25.1. The lowest BCUT2D eigenvalue weighted by molar-refractivity contribution is 0.0943. The molecular weight excluding hydrogens is 734 g/mol. The van der Waals surface area contributed by atoms with E-state index < -0.39 is 0 Å². The second-order valence-electron chi connectivity index (χ2n) is 12.4. The molecule has 0 fully saturated rings. The Hall–Kier alpha value is -4.98. The number of nitrogens with zero attached hydrogens (tertiary/aromatic N) is 2. The van der Waals surface area contributed by atoms with E-state index in [0.29, 0.717) is 89.0 Å². The molecule has 0 aliphatic heterocycles. The number of para-hydroxylation sites is 2. The Balaban J connectivity index is 1.08. The summed E-state index contributed by atoms with van der Waals surface area (Å²) < 4.78 is 0. The van der Waals surface area contributed by atoms with Crippen molar-refractivity contribution >= 4 is 80.0 Å². The molecule has 2 heterocycles. The summed E-state index contributed by atoms with van der Waals surface area (Å²) in [5, 5.41) is 9.60. The molecule has 0 spiro atoms. The van der Waals surface area contributed by atoms with Gasteiger partial charge in [-0.25, -0.2) is 9.97 Å². The largest absolute Gasteiger partial charge is 0.348 e. The summed E-state index contributed by atoms with van der Waals surface area (Å²) in [4.78, 5) is 37.2. The molecule has 0 saturated carbocycles. The first-order valence-electron chi connectivity index (χ1n) is 16.4. The van der Waals surface area contributed by atoms with Gasteiger partial charge in [-0.2, -0.15) is 0 Å². The van der Waals surface area contributed by atoms with Crippen molar-refractivity contribution in [3.63, 3.8) is 0 Å². The molecule has 10 heteroatoms. The molecule has 2 N–H and O–H groups in total. The summed E-state index contributed by atoms with van der Waals surface area (Å²) in [5.41, 5.74) is 8.32. The second-order valence-corrected chi connectivity index (χ2v) is 14.1. The summed E-state index contributed by atoms with van der Waals surface area (Å²) >= 11 is 25.4. The van der Waals surface area contributed by atoms with E-state index in [1.165, 1.54) is 0 Å². The Morgan fingerprint density at radius 3 is 1.31 bits per heavy atom. The molecular formula is C42H30Cl4N4O2. The minimum absolute atomic E-state index is 0.224. The molecule has 0 radical (unpaired) electrons. The van der Waals surface area contributed by atoms with E-state index in [4.69, 9.17) is 56.4 Å². The number of halogens is 4. The molecule has 52 heavy (non-hydrogen) atoms. The third-order valence-corrected chi connectivity index (χ3v) is 10.1. The third kappa shape index (κ3) is 7.08. The Morgan fingerprint density at radius 2 is 0.923 bits per heavy atom. The number of aromatic nitrogens is 2. The van der Waals surface area contributed by atoms with Gasteiger partial charge in [0.2, 0.25) is 0 Å². The molecule has 0 unspecified atom stereocenters. The van der Waals surface area contributed by atoms with Crippen LogP contribution in [0.3, 0.4) is 0 Å². The Morgan fingerprint density at radius 1 is 0.538 bits per heavy atom. The van der Waals surface area contributed by atoms with Gasteiger partial charge in [-0.05, 0) is 84.6 Å². The van der Waals surface area contributed by atoms with E-state index in [2.05, 4.69) is 10.6 Å². The summed E-state index contributed by atoms with van der Waals surface area (Å²) in [7, 11) is 0. The van der Waals surface area contributed by atoms with E-state index >= 15 is 0 Å². The highest BCUT2D eigenvalue weighted by Gasteiger charge is 2.22. The quantitative estimate of drug-likeness (QED) is 0.161. The number of amides is 2. The van der Waals surface area contributed by atoms with E-state index in [0.717, 1.165) is 21.9 Å². The first-order valence-corrected chi connectivity index (χ1v) is 17.9. The summed E-state index contributed by atoms with van der Waals surface area (Å²) in [6, 6.07) is 33.3. The summed E-state index contributed by atoms with van der Waals surface area (Å²) in [6.45, 7) is 4.36. The lowest BCUT2D eigenvalue weighted by Gasteiger charge is -2.16. The van der Waals surface area contributed by atoms with Crippen LogP contribution in [0.15, 0.2) is 109 Å². The monoisotopic (exact) mass is 762 g/mol.